The first-order valence-electron chi connectivity index (χ1n) is 7.36. The van der Waals surface area contributed by atoms with E-state index in [9.17, 15) is 4.79 Å². The van der Waals surface area contributed by atoms with Gasteiger partial charge in [0.2, 0.25) is 5.91 Å². The lowest BCUT2D eigenvalue weighted by atomic mass is 9.79. The van der Waals surface area contributed by atoms with Crippen molar-refractivity contribution in [3.8, 4) is 0 Å². The van der Waals surface area contributed by atoms with Crippen LogP contribution in [0.1, 0.15) is 59.3 Å². The molecule has 5 nitrogen and oxygen atoms in total. The van der Waals surface area contributed by atoms with E-state index in [1.54, 1.807) is 0 Å². The summed E-state index contributed by atoms with van der Waals surface area (Å²) in [5.41, 5.74) is 4.97. The fourth-order valence-corrected chi connectivity index (χ4v) is 2.56. The van der Waals surface area contributed by atoms with Gasteiger partial charge in [0, 0.05) is 12.6 Å². The van der Waals surface area contributed by atoms with Crippen molar-refractivity contribution in [2.45, 2.75) is 65.3 Å². The highest BCUT2D eigenvalue weighted by Gasteiger charge is 2.45. The third kappa shape index (κ3) is 3.19. The van der Waals surface area contributed by atoms with E-state index in [0.717, 1.165) is 32.2 Å². The van der Waals surface area contributed by atoms with E-state index < -0.39 is 5.41 Å². The monoisotopic (exact) mass is 269 g/mol. The molecule has 3 N–H and O–H groups in total. The Morgan fingerprint density at radius 3 is 2.32 bits per heavy atom. The van der Waals surface area contributed by atoms with Crippen LogP contribution in [0.4, 0.5) is 0 Å². The van der Waals surface area contributed by atoms with E-state index in [1.807, 2.05) is 18.7 Å². The van der Waals surface area contributed by atoms with Crippen LogP contribution >= 0.6 is 0 Å². The van der Waals surface area contributed by atoms with Gasteiger partial charge in [0.15, 0.2) is 5.84 Å². The fraction of sp³-hybridized carbons (Fsp3) is 0.857. The number of carbonyl (C=O) groups is 1. The normalized spacial score (nSPS) is 16.5. The van der Waals surface area contributed by atoms with Crippen LogP contribution in [0.3, 0.4) is 0 Å². The summed E-state index contributed by atoms with van der Waals surface area (Å²) < 4.78 is 0. The number of hydrogen-bond acceptors (Lipinski definition) is 3. The first kappa shape index (κ1) is 15.8. The molecule has 1 fully saturated rings. The fourth-order valence-electron chi connectivity index (χ4n) is 2.56. The van der Waals surface area contributed by atoms with Crippen LogP contribution in [0.2, 0.25) is 0 Å². The quantitative estimate of drug-likeness (QED) is 0.307. The summed E-state index contributed by atoms with van der Waals surface area (Å²) in [4.78, 5) is 14.8. The lowest BCUT2D eigenvalue weighted by Gasteiger charge is -2.35. The van der Waals surface area contributed by atoms with E-state index in [2.05, 4.69) is 12.1 Å². The van der Waals surface area contributed by atoms with Crippen molar-refractivity contribution >= 4 is 11.7 Å². The highest BCUT2D eigenvalue weighted by atomic mass is 16.4. The van der Waals surface area contributed by atoms with Crippen molar-refractivity contribution in [1.29, 1.82) is 0 Å². The van der Waals surface area contributed by atoms with E-state index in [-0.39, 0.29) is 11.7 Å². The lowest BCUT2D eigenvalue weighted by molar-refractivity contribution is -0.139. The molecule has 1 aliphatic rings. The van der Waals surface area contributed by atoms with Crippen LogP contribution in [0, 0.1) is 5.41 Å². The molecule has 0 atom stereocenters. The minimum absolute atomic E-state index is 0.0313. The van der Waals surface area contributed by atoms with Crippen molar-refractivity contribution in [2.75, 3.05) is 6.54 Å². The molecule has 5 heteroatoms. The first-order valence-corrected chi connectivity index (χ1v) is 7.36. The second kappa shape index (κ2) is 6.78. The van der Waals surface area contributed by atoms with Gasteiger partial charge in [-0.15, -0.1) is 0 Å². The molecular formula is C14H27N3O2. The molecule has 0 aromatic heterocycles. The van der Waals surface area contributed by atoms with Gasteiger partial charge in [0.05, 0.1) is 0 Å². The Hall–Kier alpha value is -1.26. The Morgan fingerprint density at radius 2 is 1.95 bits per heavy atom. The Balaban J connectivity index is 2.96. The maximum absolute atomic E-state index is 12.9. The summed E-state index contributed by atoms with van der Waals surface area (Å²) in [6.07, 6.45) is 5.35. The molecule has 1 saturated carbocycles. The molecule has 0 spiro atoms. The maximum atomic E-state index is 12.9. The second-order valence-corrected chi connectivity index (χ2v) is 5.36. The molecule has 0 bridgehead atoms. The van der Waals surface area contributed by atoms with Gasteiger partial charge in [-0.05, 0) is 32.1 Å². The van der Waals surface area contributed by atoms with Crippen LogP contribution in [0.5, 0.6) is 0 Å². The molecule has 1 amide bonds. The standard InChI is InChI=1S/C14H27N3O2/c1-4-7-10-17(11-8-9-11)13(18)14(5-2,6-3)12(15)16-19/h11,19H,4-10H2,1-3H3,(H2,15,16). The van der Waals surface area contributed by atoms with E-state index in [0.29, 0.717) is 18.9 Å². The van der Waals surface area contributed by atoms with Crippen molar-refractivity contribution in [1.82, 2.24) is 4.90 Å². The predicted octanol–water partition coefficient (Wildman–Crippen LogP) is 2.33. The lowest BCUT2D eigenvalue weighted by Crippen LogP contribution is -2.51. The number of hydrogen-bond donors (Lipinski definition) is 2. The SMILES string of the molecule is CCCCN(C(=O)C(CC)(CC)C(N)=NO)C1CC1. The molecular weight excluding hydrogens is 242 g/mol. The molecule has 0 aromatic carbocycles. The summed E-state index contributed by atoms with van der Waals surface area (Å²) in [5.74, 6) is 0.0772. The summed E-state index contributed by atoms with van der Waals surface area (Å²) >= 11 is 0. The minimum Gasteiger partial charge on any atom is -0.409 e. The summed E-state index contributed by atoms with van der Waals surface area (Å²) in [6, 6.07) is 0.364. The largest absolute Gasteiger partial charge is 0.409 e. The smallest absolute Gasteiger partial charge is 0.236 e. The number of amides is 1. The molecule has 0 unspecified atom stereocenters. The molecule has 1 aliphatic carbocycles. The summed E-state index contributed by atoms with van der Waals surface area (Å²) in [7, 11) is 0. The van der Waals surface area contributed by atoms with Gasteiger partial charge >= 0.3 is 0 Å². The van der Waals surface area contributed by atoms with Crippen LogP contribution < -0.4 is 5.73 Å². The molecule has 0 aromatic rings. The first-order chi connectivity index (χ1) is 9.07. The van der Waals surface area contributed by atoms with E-state index in [4.69, 9.17) is 10.9 Å². The zero-order valence-corrected chi connectivity index (χ0v) is 12.4. The van der Waals surface area contributed by atoms with Crippen LogP contribution in [-0.2, 0) is 4.79 Å². The van der Waals surface area contributed by atoms with Crippen molar-refractivity contribution in [2.24, 2.45) is 16.3 Å². The molecule has 1 rings (SSSR count). The highest BCUT2D eigenvalue weighted by Crippen LogP contribution is 2.35. The van der Waals surface area contributed by atoms with Gasteiger partial charge in [0.25, 0.3) is 0 Å². The average molecular weight is 269 g/mol. The van der Waals surface area contributed by atoms with Crippen LogP contribution in [-0.4, -0.2) is 34.4 Å². The van der Waals surface area contributed by atoms with Crippen molar-refractivity contribution in [3.05, 3.63) is 0 Å². The molecule has 0 heterocycles. The third-order valence-corrected chi connectivity index (χ3v) is 4.22. The average Bonchev–Trinajstić information content (AvgIpc) is 3.25. The minimum atomic E-state index is -0.842. The van der Waals surface area contributed by atoms with Crippen LogP contribution in [0.15, 0.2) is 5.16 Å². The van der Waals surface area contributed by atoms with E-state index in [1.165, 1.54) is 0 Å². The number of amidine groups is 1. The Labute approximate surface area is 115 Å². The third-order valence-electron chi connectivity index (χ3n) is 4.22. The molecule has 110 valence electrons. The molecule has 0 radical (unpaired) electrons. The number of rotatable bonds is 8. The zero-order valence-electron chi connectivity index (χ0n) is 12.4. The summed E-state index contributed by atoms with van der Waals surface area (Å²) in [5, 5.41) is 12.1. The summed E-state index contributed by atoms with van der Waals surface area (Å²) in [6.45, 7) is 6.74. The molecule has 19 heavy (non-hydrogen) atoms. The molecule has 0 saturated heterocycles. The van der Waals surface area contributed by atoms with Crippen LogP contribution in [0.25, 0.3) is 0 Å². The van der Waals surface area contributed by atoms with Gasteiger partial charge in [-0.3, -0.25) is 4.79 Å². The Kier molecular flexibility index (Phi) is 5.63. The zero-order chi connectivity index (χ0) is 14.5. The number of nitrogens with two attached hydrogens (primary N) is 1. The second-order valence-electron chi connectivity index (χ2n) is 5.36. The predicted molar refractivity (Wildman–Crippen MR) is 76.1 cm³/mol. The maximum Gasteiger partial charge on any atom is 0.236 e. The van der Waals surface area contributed by atoms with Crippen molar-refractivity contribution < 1.29 is 10.0 Å². The topological polar surface area (TPSA) is 78.9 Å². The number of unbranched alkanes of at least 4 members (excludes halogenated alkanes) is 1. The van der Waals surface area contributed by atoms with Crippen molar-refractivity contribution in [3.63, 3.8) is 0 Å². The van der Waals surface area contributed by atoms with Gasteiger partial charge in [-0.2, -0.15) is 0 Å². The number of nitrogens with zero attached hydrogens (tertiary/aromatic N) is 2. The Bertz CT molecular complexity index is 334. The van der Waals surface area contributed by atoms with Gasteiger partial charge in [-0.25, -0.2) is 0 Å². The number of carbonyl (C=O) groups excluding carboxylic acids is 1. The highest BCUT2D eigenvalue weighted by molar-refractivity contribution is 6.06. The molecule has 0 aliphatic heterocycles. The van der Waals surface area contributed by atoms with E-state index >= 15 is 0 Å². The number of oxime groups is 1. The van der Waals surface area contributed by atoms with Gasteiger partial charge in [-0.1, -0.05) is 32.3 Å². The van der Waals surface area contributed by atoms with Gasteiger partial charge in [0.1, 0.15) is 5.41 Å². The van der Waals surface area contributed by atoms with Gasteiger partial charge < -0.3 is 15.8 Å². The Morgan fingerprint density at radius 1 is 1.37 bits per heavy atom.